The summed E-state index contributed by atoms with van der Waals surface area (Å²) in [5, 5.41) is 10.4. The zero-order valence-electron chi connectivity index (χ0n) is 10.6. The molecule has 0 radical (unpaired) electrons. The summed E-state index contributed by atoms with van der Waals surface area (Å²) in [6.07, 6.45) is 3.03. The number of carbonyl (C=O) groups excluding carboxylic acids is 1. The maximum absolute atomic E-state index is 12.4. The van der Waals surface area contributed by atoms with Gasteiger partial charge in [0.1, 0.15) is 6.10 Å². The first-order valence-electron chi connectivity index (χ1n) is 6.53. The molecule has 0 aromatic heterocycles. The Kier molecular flexibility index (Phi) is 3.02. The normalized spacial score (nSPS) is 25.6. The third kappa shape index (κ3) is 1.77. The molecule has 1 spiro atoms. The molecule has 1 aliphatic heterocycles. The van der Waals surface area contributed by atoms with E-state index >= 15 is 0 Å². The average Bonchev–Trinajstić information content (AvgIpc) is 2.95. The van der Waals surface area contributed by atoms with Gasteiger partial charge in [-0.05, 0) is 37.1 Å². The van der Waals surface area contributed by atoms with Crippen LogP contribution >= 0.6 is 15.9 Å². The molecule has 1 aromatic carbocycles. The van der Waals surface area contributed by atoms with Crippen LogP contribution in [0, 0.1) is 0 Å². The van der Waals surface area contributed by atoms with Gasteiger partial charge < -0.3 is 5.11 Å². The minimum absolute atomic E-state index is 0.142. The molecule has 1 aromatic rings. The van der Waals surface area contributed by atoms with Crippen LogP contribution in [0.15, 0.2) is 40.9 Å². The van der Waals surface area contributed by atoms with Gasteiger partial charge in [0.15, 0.2) is 0 Å². The zero-order valence-corrected chi connectivity index (χ0v) is 12.2. The van der Waals surface area contributed by atoms with Crippen LogP contribution in [-0.2, 0) is 4.79 Å². The van der Waals surface area contributed by atoms with Gasteiger partial charge in [-0.1, -0.05) is 35.4 Å². The van der Waals surface area contributed by atoms with Crippen LogP contribution in [0.5, 0.6) is 0 Å². The van der Waals surface area contributed by atoms with Crippen molar-refractivity contribution < 1.29 is 9.90 Å². The van der Waals surface area contributed by atoms with Crippen molar-refractivity contribution in [2.45, 2.75) is 37.3 Å². The van der Waals surface area contributed by atoms with Crippen molar-refractivity contribution in [2.24, 2.45) is 0 Å². The van der Waals surface area contributed by atoms with E-state index in [1.54, 1.807) is 4.90 Å². The lowest BCUT2D eigenvalue weighted by atomic mass is 9.89. The predicted octanol–water partition coefficient (Wildman–Crippen LogP) is 3.03. The first-order valence-corrected chi connectivity index (χ1v) is 7.32. The van der Waals surface area contributed by atoms with Crippen LogP contribution in [0.2, 0.25) is 0 Å². The second kappa shape index (κ2) is 4.46. The Hall–Kier alpha value is -1.13. The summed E-state index contributed by atoms with van der Waals surface area (Å²) in [6.45, 7) is 3.78. The third-order valence-electron chi connectivity index (χ3n) is 4.32. The molecule has 3 nitrogen and oxygen atoms in total. The summed E-state index contributed by atoms with van der Waals surface area (Å²) in [6, 6.07) is 7.65. The number of hydrogen-bond donors (Lipinski definition) is 1. The lowest BCUT2D eigenvalue weighted by Gasteiger charge is -2.36. The number of carbonyl (C=O) groups is 1. The van der Waals surface area contributed by atoms with Crippen LogP contribution in [0.3, 0.4) is 0 Å². The highest BCUT2D eigenvalue weighted by atomic mass is 79.9. The second-order valence-corrected chi connectivity index (χ2v) is 6.27. The van der Waals surface area contributed by atoms with E-state index in [0.29, 0.717) is 5.57 Å². The predicted molar refractivity (Wildman–Crippen MR) is 78.0 cm³/mol. The summed E-state index contributed by atoms with van der Waals surface area (Å²) in [5.41, 5.74) is 0.694. The number of halogens is 1. The molecule has 1 heterocycles. The van der Waals surface area contributed by atoms with Crippen molar-refractivity contribution in [3.05, 3.63) is 40.9 Å². The summed E-state index contributed by atoms with van der Waals surface area (Å²) in [5.74, 6) is -0.142. The van der Waals surface area contributed by atoms with E-state index in [2.05, 4.69) is 22.5 Å². The number of aliphatic hydroxyl groups is 1. The average molecular weight is 322 g/mol. The van der Waals surface area contributed by atoms with Gasteiger partial charge in [0.05, 0.1) is 5.54 Å². The minimum Gasteiger partial charge on any atom is -0.386 e. The largest absolute Gasteiger partial charge is 0.386 e. The fourth-order valence-corrected chi connectivity index (χ4v) is 3.62. The number of aliphatic hydroxyl groups excluding tert-OH is 1. The lowest BCUT2D eigenvalue weighted by Crippen LogP contribution is -2.49. The van der Waals surface area contributed by atoms with E-state index in [1.165, 1.54) is 0 Å². The first-order chi connectivity index (χ1) is 9.06. The van der Waals surface area contributed by atoms with Crippen LogP contribution in [0.1, 0.15) is 25.7 Å². The molecule has 1 atom stereocenters. The van der Waals surface area contributed by atoms with Crippen LogP contribution < -0.4 is 4.90 Å². The molecule has 0 bridgehead atoms. The quantitative estimate of drug-likeness (QED) is 0.808. The Balaban J connectivity index is 2.09. The number of rotatable bonds is 1. The number of anilines is 1. The van der Waals surface area contributed by atoms with E-state index < -0.39 is 11.6 Å². The van der Waals surface area contributed by atoms with Gasteiger partial charge in [0.25, 0.3) is 5.91 Å². The molecule has 1 saturated carbocycles. The molecule has 100 valence electrons. The monoisotopic (exact) mass is 321 g/mol. The Morgan fingerprint density at radius 2 is 1.84 bits per heavy atom. The minimum atomic E-state index is -0.744. The third-order valence-corrected chi connectivity index (χ3v) is 4.85. The van der Waals surface area contributed by atoms with Gasteiger partial charge in [-0.3, -0.25) is 9.69 Å². The summed E-state index contributed by atoms with van der Waals surface area (Å²) < 4.78 is 0.975. The number of hydrogen-bond acceptors (Lipinski definition) is 2. The number of benzene rings is 1. The van der Waals surface area contributed by atoms with E-state index in [0.717, 1.165) is 35.8 Å². The Bertz CT molecular complexity index is 532. The van der Waals surface area contributed by atoms with Crippen molar-refractivity contribution in [1.29, 1.82) is 0 Å². The van der Waals surface area contributed by atoms with Crippen molar-refractivity contribution in [3.63, 3.8) is 0 Å². The molecule has 19 heavy (non-hydrogen) atoms. The Morgan fingerprint density at radius 1 is 1.26 bits per heavy atom. The van der Waals surface area contributed by atoms with Crippen LogP contribution in [0.25, 0.3) is 0 Å². The molecule has 1 unspecified atom stereocenters. The van der Waals surface area contributed by atoms with Gasteiger partial charge in [-0.15, -0.1) is 0 Å². The van der Waals surface area contributed by atoms with Gasteiger partial charge in [-0.25, -0.2) is 0 Å². The van der Waals surface area contributed by atoms with E-state index in [4.69, 9.17) is 0 Å². The topological polar surface area (TPSA) is 40.5 Å². The summed E-state index contributed by atoms with van der Waals surface area (Å²) in [4.78, 5) is 14.2. The maximum Gasteiger partial charge on any atom is 0.256 e. The molecule has 3 rings (SSSR count). The SMILES string of the molecule is C=C1C(=O)N(c2ccc(Br)cc2)C2(CCCC2)C1O. The summed E-state index contributed by atoms with van der Waals surface area (Å²) >= 11 is 3.40. The Labute approximate surface area is 121 Å². The first kappa shape index (κ1) is 12.9. The fourth-order valence-electron chi connectivity index (χ4n) is 3.36. The molecular formula is C15H16BrNO2. The van der Waals surface area contributed by atoms with Gasteiger partial charge in [-0.2, -0.15) is 0 Å². The molecule has 2 fully saturated rings. The van der Waals surface area contributed by atoms with E-state index in [-0.39, 0.29) is 5.91 Å². The van der Waals surface area contributed by atoms with E-state index in [1.807, 2.05) is 24.3 Å². The molecule has 2 aliphatic rings. The molecule has 1 aliphatic carbocycles. The highest BCUT2D eigenvalue weighted by Crippen LogP contribution is 2.47. The second-order valence-electron chi connectivity index (χ2n) is 5.36. The highest BCUT2D eigenvalue weighted by Gasteiger charge is 2.56. The van der Waals surface area contributed by atoms with Gasteiger partial charge >= 0.3 is 0 Å². The smallest absolute Gasteiger partial charge is 0.256 e. The highest BCUT2D eigenvalue weighted by molar-refractivity contribution is 9.10. The standard InChI is InChI=1S/C15H16BrNO2/c1-10-13(18)15(8-2-3-9-15)17(14(10)19)12-6-4-11(16)5-7-12/h4-7,13,18H,1-3,8-9H2. The van der Waals surface area contributed by atoms with Crippen molar-refractivity contribution in [2.75, 3.05) is 4.90 Å². The van der Waals surface area contributed by atoms with Gasteiger partial charge in [0.2, 0.25) is 0 Å². The number of nitrogens with zero attached hydrogens (tertiary/aromatic N) is 1. The lowest BCUT2D eigenvalue weighted by molar-refractivity contribution is -0.114. The van der Waals surface area contributed by atoms with Crippen molar-refractivity contribution >= 4 is 27.5 Å². The molecule has 1 N–H and O–H groups in total. The van der Waals surface area contributed by atoms with Gasteiger partial charge in [0, 0.05) is 15.7 Å². The van der Waals surface area contributed by atoms with E-state index in [9.17, 15) is 9.90 Å². The van der Waals surface area contributed by atoms with Crippen LogP contribution in [0.4, 0.5) is 5.69 Å². The number of amides is 1. The Morgan fingerprint density at radius 3 is 2.42 bits per heavy atom. The molecule has 1 saturated heterocycles. The maximum atomic E-state index is 12.4. The molecular weight excluding hydrogens is 306 g/mol. The van der Waals surface area contributed by atoms with Crippen LogP contribution in [-0.4, -0.2) is 22.7 Å². The van der Waals surface area contributed by atoms with Crippen molar-refractivity contribution in [3.8, 4) is 0 Å². The molecule has 1 amide bonds. The fraction of sp³-hybridized carbons (Fsp3) is 0.400. The van der Waals surface area contributed by atoms with Crippen molar-refractivity contribution in [1.82, 2.24) is 0 Å². The summed E-state index contributed by atoms with van der Waals surface area (Å²) in [7, 11) is 0. The zero-order chi connectivity index (χ0) is 13.6. The molecule has 4 heteroatoms.